The maximum Gasteiger partial charge on any atom is 0.0963 e. The van der Waals surface area contributed by atoms with Crippen LogP contribution < -0.4 is 0 Å². The minimum Gasteiger partial charge on any atom is -0.396 e. The van der Waals surface area contributed by atoms with E-state index < -0.39 is 0 Å². The number of aromatic nitrogens is 2. The highest BCUT2D eigenvalue weighted by molar-refractivity contribution is 6.42. The summed E-state index contributed by atoms with van der Waals surface area (Å²) in [6.45, 7) is 0.187. The zero-order valence-corrected chi connectivity index (χ0v) is 11.1. The maximum absolute atomic E-state index is 9.16. The van der Waals surface area contributed by atoms with E-state index in [1.807, 2.05) is 12.1 Å². The summed E-state index contributed by atoms with van der Waals surface area (Å²) in [6.07, 6.45) is 6.84. The molecule has 1 heterocycles. The molecule has 0 radical (unpaired) electrons. The monoisotopic (exact) mass is 282 g/mol. The lowest BCUT2D eigenvalue weighted by molar-refractivity contribution is 0.244. The maximum atomic E-state index is 9.16. The van der Waals surface area contributed by atoms with Gasteiger partial charge in [-0.3, -0.25) is 0 Å². The van der Waals surface area contributed by atoms with Crippen LogP contribution in [0.3, 0.4) is 0 Å². The molecule has 0 spiro atoms. The van der Waals surface area contributed by atoms with Gasteiger partial charge in [0.05, 0.1) is 33.4 Å². The molecule has 0 bridgehead atoms. The Morgan fingerprint density at radius 3 is 2.78 bits per heavy atom. The second-order valence-corrected chi connectivity index (χ2v) is 5.35. The number of nitrogens with zero attached hydrogens (tertiary/aromatic N) is 2. The molecular weight excluding hydrogens is 271 g/mol. The van der Waals surface area contributed by atoms with Crippen LogP contribution in [0.15, 0.2) is 30.6 Å². The van der Waals surface area contributed by atoms with E-state index in [2.05, 4.69) is 15.6 Å². The zero-order valence-electron chi connectivity index (χ0n) is 9.55. The number of imidazole rings is 1. The van der Waals surface area contributed by atoms with Crippen molar-refractivity contribution < 1.29 is 5.11 Å². The third-order valence-electron chi connectivity index (χ3n) is 3.36. The van der Waals surface area contributed by atoms with Crippen LogP contribution in [0.4, 0.5) is 0 Å². The van der Waals surface area contributed by atoms with Gasteiger partial charge in [0, 0.05) is 12.5 Å². The number of hydrogen-bond acceptors (Lipinski definition) is 2. The second kappa shape index (κ2) is 4.57. The van der Waals surface area contributed by atoms with Gasteiger partial charge in [-0.05, 0) is 18.6 Å². The van der Waals surface area contributed by atoms with Gasteiger partial charge in [0.15, 0.2) is 0 Å². The van der Waals surface area contributed by atoms with E-state index in [9.17, 15) is 0 Å². The molecule has 0 saturated heterocycles. The minimum atomic E-state index is 0.187. The van der Waals surface area contributed by atoms with E-state index in [-0.39, 0.29) is 18.6 Å². The first-order valence-corrected chi connectivity index (χ1v) is 6.55. The fourth-order valence-electron chi connectivity index (χ4n) is 2.38. The van der Waals surface area contributed by atoms with Crippen molar-refractivity contribution in [1.29, 1.82) is 0 Å². The van der Waals surface area contributed by atoms with Crippen LogP contribution in [0.1, 0.15) is 12.5 Å². The molecule has 94 valence electrons. The number of benzene rings is 1. The molecule has 1 aromatic carbocycles. The topological polar surface area (TPSA) is 38.0 Å². The molecule has 0 aliphatic heterocycles. The molecule has 3 nitrogen and oxygen atoms in total. The van der Waals surface area contributed by atoms with Gasteiger partial charge < -0.3 is 9.67 Å². The Balaban J connectivity index is 2.03. The van der Waals surface area contributed by atoms with Gasteiger partial charge >= 0.3 is 0 Å². The van der Waals surface area contributed by atoms with E-state index in [0.29, 0.717) is 10.0 Å². The van der Waals surface area contributed by atoms with Crippen molar-refractivity contribution in [3.05, 3.63) is 40.7 Å². The number of aliphatic hydroxyl groups is 1. The fraction of sp³-hybridized carbons (Fsp3) is 0.308. The molecule has 0 amide bonds. The Morgan fingerprint density at radius 1 is 1.28 bits per heavy atom. The summed E-state index contributed by atoms with van der Waals surface area (Å²) in [6, 6.07) is 3.84. The minimum absolute atomic E-state index is 0.187. The molecule has 1 N–H and O–H groups in total. The Labute approximate surface area is 115 Å². The lowest BCUT2D eigenvalue weighted by atomic mass is 10.1. The largest absolute Gasteiger partial charge is 0.396 e. The van der Waals surface area contributed by atoms with Gasteiger partial charge in [-0.1, -0.05) is 35.4 Å². The van der Waals surface area contributed by atoms with E-state index in [4.69, 9.17) is 28.3 Å². The van der Waals surface area contributed by atoms with Gasteiger partial charge in [-0.15, -0.1) is 0 Å². The Morgan fingerprint density at radius 2 is 2.06 bits per heavy atom. The average Bonchev–Trinajstić information content (AvgIpc) is 2.96. The summed E-state index contributed by atoms with van der Waals surface area (Å²) >= 11 is 12.0. The first-order chi connectivity index (χ1) is 8.69. The number of aliphatic hydroxyl groups excluding tert-OH is 1. The van der Waals surface area contributed by atoms with Crippen LogP contribution in [-0.4, -0.2) is 21.3 Å². The highest BCUT2D eigenvalue weighted by atomic mass is 35.5. The number of hydrogen-bond donors (Lipinski definition) is 1. The van der Waals surface area contributed by atoms with Crippen molar-refractivity contribution in [3.63, 3.8) is 0 Å². The van der Waals surface area contributed by atoms with Crippen LogP contribution >= 0.6 is 23.2 Å². The molecule has 5 heteroatoms. The predicted octanol–water partition coefficient (Wildman–Crippen LogP) is 3.45. The standard InChI is InChI=1S/C13H12Cl2N2O/c14-10-4-12-13(5-11(10)15)17(7-16-12)9-2-1-8(3-9)6-18/h1-2,4-5,7-9,18H,3,6H2/t8-,9+/m1/s1. The number of halogens is 2. The average molecular weight is 283 g/mol. The third kappa shape index (κ3) is 1.92. The number of fused-ring (bicyclic) bond motifs is 1. The number of rotatable bonds is 2. The molecule has 1 aliphatic rings. The van der Waals surface area contributed by atoms with Crippen molar-refractivity contribution in [1.82, 2.24) is 9.55 Å². The molecular formula is C13H12Cl2N2O. The molecule has 0 fully saturated rings. The summed E-state index contributed by atoms with van der Waals surface area (Å²) in [5, 5.41) is 10.2. The Bertz CT molecular complexity index is 621. The molecule has 1 aliphatic carbocycles. The van der Waals surface area contributed by atoms with Crippen LogP contribution in [0, 0.1) is 5.92 Å². The van der Waals surface area contributed by atoms with Crippen molar-refractivity contribution >= 4 is 34.2 Å². The van der Waals surface area contributed by atoms with Gasteiger partial charge in [0.1, 0.15) is 0 Å². The van der Waals surface area contributed by atoms with Gasteiger partial charge in [0.25, 0.3) is 0 Å². The quantitative estimate of drug-likeness (QED) is 0.857. The first-order valence-electron chi connectivity index (χ1n) is 5.80. The molecule has 3 rings (SSSR count). The summed E-state index contributed by atoms with van der Waals surface area (Å²) < 4.78 is 2.07. The summed E-state index contributed by atoms with van der Waals surface area (Å²) in [5.41, 5.74) is 1.81. The summed E-state index contributed by atoms with van der Waals surface area (Å²) in [4.78, 5) is 4.34. The van der Waals surface area contributed by atoms with E-state index in [1.165, 1.54) is 0 Å². The fourth-order valence-corrected chi connectivity index (χ4v) is 2.70. The highest BCUT2D eigenvalue weighted by Gasteiger charge is 2.21. The first kappa shape index (κ1) is 12.0. The zero-order chi connectivity index (χ0) is 12.7. The SMILES string of the molecule is OC[C@@H]1C=C[C@H](n2cnc3cc(Cl)c(Cl)cc32)C1. The van der Waals surface area contributed by atoms with Crippen molar-refractivity contribution in [2.45, 2.75) is 12.5 Å². The molecule has 2 aromatic rings. The summed E-state index contributed by atoms with van der Waals surface area (Å²) in [7, 11) is 0. The highest BCUT2D eigenvalue weighted by Crippen LogP contribution is 2.33. The van der Waals surface area contributed by atoms with Crippen molar-refractivity contribution in [2.24, 2.45) is 5.92 Å². The second-order valence-electron chi connectivity index (χ2n) is 4.54. The van der Waals surface area contributed by atoms with Crippen molar-refractivity contribution in [3.8, 4) is 0 Å². The number of allylic oxidation sites excluding steroid dienone is 1. The smallest absolute Gasteiger partial charge is 0.0963 e. The van der Waals surface area contributed by atoms with Gasteiger partial charge in [0.2, 0.25) is 0 Å². The summed E-state index contributed by atoms with van der Waals surface area (Å²) in [5.74, 6) is 0.232. The van der Waals surface area contributed by atoms with E-state index in [0.717, 1.165) is 17.5 Å². The molecule has 18 heavy (non-hydrogen) atoms. The molecule has 0 unspecified atom stereocenters. The van der Waals surface area contributed by atoms with Crippen molar-refractivity contribution in [2.75, 3.05) is 6.61 Å². The molecule has 0 saturated carbocycles. The van der Waals surface area contributed by atoms with E-state index >= 15 is 0 Å². The molecule has 1 aromatic heterocycles. The normalized spacial score (nSPS) is 23.1. The van der Waals surface area contributed by atoms with Crippen LogP contribution in [0.25, 0.3) is 11.0 Å². The van der Waals surface area contributed by atoms with Crippen LogP contribution in [-0.2, 0) is 0 Å². The van der Waals surface area contributed by atoms with Gasteiger partial charge in [-0.2, -0.15) is 0 Å². The molecule has 2 atom stereocenters. The Kier molecular flexibility index (Phi) is 3.06. The third-order valence-corrected chi connectivity index (χ3v) is 4.08. The van der Waals surface area contributed by atoms with Gasteiger partial charge in [-0.25, -0.2) is 4.98 Å². The van der Waals surface area contributed by atoms with Crippen LogP contribution in [0.2, 0.25) is 10.0 Å². The lowest BCUT2D eigenvalue weighted by Gasteiger charge is -2.13. The Hall–Kier alpha value is -1.03. The predicted molar refractivity (Wildman–Crippen MR) is 73.1 cm³/mol. The lowest BCUT2D eigenvalue weighted by Crippen LogP contribution is -2.07. The van der Waals surface area contributed by atoms with E-state index in [1.54, 1.807) is 12.4 Å². The van der Waals surface area contributed by atoms with Crippen LogP contribution in [0.5, 0.6) is 0 Å².